The Bertz CT molecular complexity index is 305. The molecule has 0 fully saturated rings. The van der Waals surface area contributed by atoms with E-state index in [4.69, 9.17) is 0 Å². The smallest absolute Gasteiger partial charge is 0.0406 e. The van der Waals surface area contributed by atoms with Gasteiger partial charge in [0.1, 0.15) is 0 Å². The number of allylic oxidation sites excluding steroid dienone is 1. The van der Waals surface area contributed by atoms with Crippen molar-refractivity contribution in [3.63, 3.8) is 0 Å². The summed E-state index contributed by atoms with van der Waals surface area (Å²) in [6.45, 7) is 5.70. The second kappa shape index (κ2) is 2.81. The second-order valence-corrected chi connectivity index (χ2v) is 3.75. The van der Waals surface area contributed by atoms with Crippen molar-refractivity contribution in [3.05, 3.63) is 29.6 Å². The number of aryl methyl sites for hydroxylation is 1. The van der Waals surface area contributed by atoms with E-state index in [1.807, 2.05) is 0 Å². The highest BCUT2D eigenvalue weighted by atomic mass is 15.0. The third kappa shape index (κ3) is 1.20. The van der Waals surface area contributed by atoms with E-state index in [1.54, 1.807) is 5.57 Å². The van der Waals surface area contributed by atoms with Crippen LogP contribution in [0.4, 0.5) is 0 Å². The molecular formula is C11H15N. The zero-order valence-electron chi connectivity index (χ0n) is 7.75. The lowest BCUT2D eigenvalue weighted by molar-refractivity contribution is 0.617. The fourth-order valence-corrected chi connectivity index (χ4v) is 1.73. The van der Waals surface area contributed by atoms with Gasteiger partial charge >= 0.3 is 0 Å². The molecule has 1 nitrogen and oxygen atoms in total. The maximum atomic E-state index is 2.33. The van der Waals surface area contributed by atoms with Gasteiger partial charge in [-0.3, -0.25) is 0 Å². The van der Waals surface area contributed by atoms with Crippen LogP contribution in [0, 0.1) is 5.92 Å². The summed E-state index contributed by atoms with van der Waals surface area (Å²) in [5.74, 6) is 0.702. The van der Waals surface area contributed by atoms with Crippen molar-refractivity contribution < 1.29 is 0 Å². The van der Waals surface area contributed by atoms with Crippen LogP contribution in [0.3, 0.4) is 0 Å². The third-order valence-corrected chi connectivity index (χ3v) is 2.58. The fourth-order valence-electron chi connectivity index (χ4n) is 1.73. The van der Waals surface area contributed by atoms with Crippen LogP contribution in [0.1, 0.15) is 26.0 Å². The van der Waals surface area contributed by atoms with E-state index in [1.165, 1.54) is 12.1 Å². The quantitative estimate of drug-likeness (QED) is 0.596. The monoisotopic (exact) mass is 161 g/mol. The van der Waals surface area contributed by atoms with Crippen molar-refractivity contribution in [3.8, 4) is 0 Å². The van der Waals surface area contributed by atoms with E-state index in [0.29, 0.717) is 5.92 Å². The molecule has 1 aromatic rings. The van der Waals surface area contributed by atoms with Gasteiger partial charge in [0, 0.05) is 18.4 Å². The van der Waals surface area contributed by atoms with E-state index in [-0.39, 0.29) is 0 Å². The lowest BCUT2D eigenvalue weighted by Crippen LogP contribution is -2.08. The Balaban J connectivity index is 2.35. The van der Waals surface area contributed by atoms with Crippen molar-refractivity contribution >= 4 is 6.08 Å². The first-order valence-corrected chi connectivity index (χ1v) is 4.63. The molecule has 64 valence electrons. The van der Waals surface area contributed by atoms with E-state index >= 15 is 0 Å². The molecule has 0 aromatic carbocycles. The maximum Gasteiger partial charge on any atom is 0.0406 e. The van der Waals surface area contributed by atoms with Gasteiger partial charge in [-0.25, -0.2) is 0 Å². The number of nitrogens with zero attached hydrogens (tertiary/aromatic N) is 1. The third-order valence-electron chi connectivity index (χ3n) is 2.58. The molecule has 1 aliphatic rings. The maximum absolute atomic E-state index is 2.33. The van der Waals surface area contributed by atoms with Gasteiger partial charge < -0.3 is 4.57 Å². The van der Waals surface area contributed by atoms with E-state index in [9.17, 15) is 0 Å². The predicted molar refractivity (Wildman–Crippen MR) is 51.9 cm³/mol. The van der Waals surface area contributed by atoms with Gasteiger partial charge in [-0.15, -0.1) is 0 Å². The van der Waals surface area contributed by atoms with Crippen LogP contribution in [-0.4, -0.2) is 4.57 Å². The van der Waals surface area contributed by atoms with Crippen LogP contribution >= 0.6 is 0 Å². The Hall–Kier alpha value is -0.980. The lowest BCUT2D eigenvalue weighted by atomic mass is 9.97. The Morgan fingerprint density at radius 3 is 3.00 bits per heavy atom. The number of fused-ring (bicyclic) bond motifs is 1. The highest BCUT2D eigenvalue weighted by Gasteiger charge is 2.10. The first-order valence-electron chi connectivity index (χ1n) is 4.63. The molecule has 1 aliphatic heterocycles. The number of hydrogen-bond donors (Lipinski definition) is 0. The van der Waals surface area contributed by atoms with Crippen LogP contribution in [0.25, 0.3) is 6.08 Å². The number of rotatable bonds is 1. The van der Waals surface area contributed by atoms with Crippen LogP contribution in [0.15, 0.2) is 23.9 Å². The molecule has 2 heterocycles. The Kier molecular flexibility index (Phi) is 1.80. The molecule has 0 bridgehead atoms. The summed E-state index contributed by atoms with van der Waals surface area (Å²) in [7, 11) is 0. The molecule has 1 aromatic heterocycles. The molecule has 12 heavy (non-hydrogen) atoms. The average molecular weight is 161 g/mol. The molecule has 0 radical (unpaired) electrons. The summed E-state index contributed by atoms with van der Waals surface area (Å²) in [4.78, 5) is 0. The normalized spacial score (nSPS) is 16.1. The minimum atomic E-state index is 0.702. The largest absolute Gasteiger partial charge is 0.348 e. The van der Waals surface area contributed by atoms with E-state index in [2.05, 4.69) is 42.8 Å². The number of aromatic nitrogens is 1. The van der Waals surface area contributed by atoms with E-state index < -0.39 is 0 Å². The molecule has 0 atom stereocenters. The Morgan fingerprint density at radius 1 is 1.42 bits per heavy atom. The van der Waals surface area contributed by atoms with Gasteiger partial charge in [0.05, 0.1) is 0 Å². The SMILES string of the molecule is CC(C)C1=Cc2cccn2CC1. The van der Waals surface area contributed by atoms with Gasteiger partial charge in [-0.1, -0.05) is 19.4 Å². The van der Waals surface area contributed by atoms with Crippen molar-refractivity contribution in [2.24, 2.45) is 5.92 Å². The minimum absolute atomic E-state index is 0.702. The summed E-state index contributed by atoms with van der Waals surface area (Å²) in [5, 5.41) is 0. The first kappa shape index (κ1) is 7.66. The Morgan fingerprint density at radius 2 is 2.25 bits per heavy atom. The molecule has 0 saturated carbocycles. The van der Waals surface area contributed by atoms with Crippen molar-refractivity contribution in [2.75, 3.05) is 0 Å². The fraction of sp³-hybridized carbons (Fsp3) is 0.455. The predicted octanol–water partition coefficient (Wildman–Crippen LogP) is 2.93. The van der Waals surface area contributed by atoms with E-state index in [0.717, 1.165) is 6.54 Å². The van der Waals surface area contributed by atoms with Gasteiger partial charge in [-0.2, -0.15) is 0 Å². The van der Waals surface area contributed by atoms with Crippen LogP contribution in [0.2, 0.25) is 0 Å². The number of hydrogen-bond acceptors (Lipinski definition) is 0. The first-order chi connectivity index (χ1) is 5.77. The highest BCUT2D eigenvalue weighted by Crippen LogP contribution is 2.23. The van der Waals surface area contributed by atoms with Crippen molar-refractivity contribution in [2.45, 2.75) is 26.8 Å². The molecule has 0 spiro atoms. The molecule has 1 heteroatoms. The highest BCUT2D eigenvalue weighted by molar-refractivity contribution is 5.52. The molecule has 0 N–H and O–H groups in total. The Labute approximate surface area is 73.7 Å². The van der Waals surface area contributed by atoms with Crippen molar-refractivity contribution in [1.82, 2.24) is 4.57 Å². The molecular weight excluding hydrogens is 146 g/mol. The van der Waals surface area contributed by atoms with Gasteiger partial charge in [-0.05, 0) is 30.5 Å². The topological polar surface area (TPSA) is 4.93 Å². The summed E-state index contributed by atoms with van der Waals surface area (Å²) in [5.41, 5.74) is 2.95. The molecule has 0 unspecified atom stereocenters. The lowest BCUT2D eigenvalue weighted by Gasteiger charge is -2.18. The average Bonchev–Trinajstić information content (AvgIpc) is 2.49. The second-order valence-electron chi connectivity index (χ2n) is 3.75. The zero-order valence-corrected chi connectivity index (χ0v) is 7.75. The molecule has 2 rings (SSSR count). The molecule has 0 aliphatic carbocycles. The van der Waals surface area contributed by atoms with Gasteiger partial charge in [0.25, 0.3) is 0 Å². The molecule has 0 amide bonds. The van der Waals surface area contributed by atoms with Gasteiger partial charge in [0.2, 0.25) is 0 Å². The van der Waals surface area contributed by atoms with Crippen molar-refractivity contribution in [1.29, 1.82) is 0 Å². The standard InChI is InChI=1S/C11H15N/c1-9(2)10-5-7-12-6-3-4-11(12)8-10/h3-4,6,8-9H,5,7H2,1-2H3. The summed E-state index contributed by atoms with van der Waals surface area (Å²) in [6, 6.07) is 4.30. The zero-order chi connectivity index (χ0) is 8.55. The molecule has 0 saturated heterocycles. The van der Waals surface area contributed by atoms with Crippen LogP contribution in [-0.2, 0) is 6.54 Å². The van der Waals surface area contributed by atoms with Gasteiger partial charge in [0.15, 0.2) is 0 Å². The summed E-state index contributed by atoms with van der Waals surface area (Å²) >= 11 is 0. The summed E-state index contributed by atoms with van der Waals surface area (Å²) < 4.78 is 2.31. The minimum Gasteiger partial charge on any atom is -0.348 e. The van der Waals surface area contributed by atoms with Crippen LogP contribution < -0.4 is 0 Å². The summed E-state index contributed by atoms with van der Waals surface area (Å²) in [6.07, 6.45) is 5.70. The van der Waals surface area contributed by atoms with Crippen LogP contribution in [0.5, 0.6) is 0 Å².